The average molecular weight is 728 g/mol. The van der Waals surface area contributed by atoms with Crippen LogP contribution >= 0.6 is 0 Å². The zero-order chi connectivity index (χ0) is 37.9. The van der Waals surface area contributed by atoms with Gasteiger partial charge >= 0.3 is 6.09 Å². The Bertz CT molecular complexity index is 1670. The van der Waals surface area contributed by atoms with Gasteiger partial charge in [0.25, 0.3) is 11.8 Å². The number of carbonyl (C=O) groups excluding carboxylic acids is 3. The highest BCUT2D eigenvalue weighted by atomic mass is 28.4. The van der Waals surface area contributed by atoms with E-state index in [2.05, 4.69) is 51.1 Å². The largest absolute Gasteiger partial charge is 0.445 e. The topological polar surface area (TPSA) is 115 Å². The number of likely N-dealkylation sites (tertiary alicyclic amines) is 1. The molecule has 10 nitrogen and oxygen atoms in total. The number of hydrogen-bond acceptors (Lipinski definition) is 7. The fourth-order valence-corrected chi connectivity index (χ4v) is 6.46. The first-order valence-electron chi connectivity index (χ1n) is 17.7. The van der Waals surface area contributed by atoms with Gasteiger partial charge in [-0.1, -0.05) is 112 Å². The van der Waals surface area contributed by atoms with Gasteiger partial charge in [0.2, 0.25) is 0 Å². The Hall–Kier alpha value is -4.55. The van der Waals surface area contributed by atoms with Gasteiger partial charge in [0.05, 0.1) is 31.6 Å². The van der Waals surface area contributed by atoms with Gasteiger partial charge in [0, 0.05) is 11.6 Å². The van der Waals surface area contributed by atoms with Crippen molar-refractivity contribution in [2.24, 2.45) is 0 Å². The van der Waals surface area contributed by atoms with Gasteiger partial charge in [-0.2, -0.15) is 0 Å². The van der Waals surface area contributed by atoms with Gasteiger partial charge in [-0.15, -0.1) is 0 Å². The van der Waals surface area contributed by atoms with Crippen molar-refractivity contribution < 1.29 is 33.0 Å². The van der Waals surface area contributed by atoms with Crippen LogP contribution in [0.4, 0.5) is 4.79 Å². The summed E-state index contributed by atoms with van der Waals surface area (Å²) in [6.07, 6.45) is -1.18. The monoisotopic (exact) mass is 727 g/mol. The van der Waals surface area contributed by atoms with Crippen LogP contribution in [0, 0.1) is 0 Å². The van der Waals surface area contributed by atoms with Gasteiger partial charge in [-0.3, -0.25) is 14.5 Å². The molecule has 0 aromatic heterocycles. The van der Waals surface area contributed by atoms with E-state index in [1.165, 1.54) is 11.0 Å². The Morgan fingerprint density at radius 3 is 1.92 bits per heavy atom. The number of ether oxygens (including phenoxy) is 3. The summed E-state index contributed by atoms with van der Waals surface area (Å²) in [6, 6.07) is 26.7. The maximum absolute atomic E-state index is 14.3. The minimum absolute atomic E-state index is 0.0551. The molecule has 0 radical (unpaired) electrons. The lowest BCUT2D eigenvalue weighted by atomic mass is 10.1. The van der Waals surface area contributed by atoms with E-state index in [1.807, 2.05) is 74.5 Å². The molecule has 3 amide bonds. The smallest absolute Gasteiger partial charge is 0.414 e. The molecular weight excluding hydrogens is 675 g/mol. The van der Waals surface area contributed by atoms with Crippen LogP contribution in [0.5, 0.6) is 0 Å². The molecule has 52 heavy (non-hydrogen) atoms. The first kappa shape index (κ1) is 40.2. The van der Waals surface area contributed by atoms with Crippen LogP contribution in [0.25, 0.3) is 0 Å². The van der Waals surface area contributed by atoms with Gasteiger partial charge in [-0.25, -0.2) is 4.79 Å². The van der Waals surface area contributed by atoms with Crippen LogP contribution in [0.1, 0.15) is 56.1 Å². The molecule has 2 N–H and O–H groups in total. The van der Waals surface area contributed by atoms with Crippen LogP contribution in [0.15, 0.2) is 115 Å². The van der Waals surface area contributed by atoms with Crippen LogP contribution in [0.2, 0.25) is 18.1 Å². The second-order valence-electron chi connectivity index (χ2n) is 14.6. The quantitative estimate of drug-likeness (QED) is 0.0956. The lowest BCUT2D eigenvalue weighted by Gasteiger charge is -2.38. The van der Waals surface area contributed by atoms with Crippen molar-refractivity contribution in [1.82, 2.24) is 15.5 Å². The normalized spacial score (nSPS) is 18.5. The first-order valence-corrected chi connectivity index (χ1v) is 20.6. The Morgan fingerprint density at radius 2 is 1.40 bits per heavy atom. The molecule has 0 saturated carbocycles. The Labute approximate surface area is 309 Å². The number of amides is 3. The van der Waals surface area contributed by atoms with Crippen molar-refractivity contribution in [1.29, 1.82) is 0 Å². The second-order valence-corrected chi connectivity index (χ2v) is 19.4. The molecule has 1 fully saturated rings. The van der Waals surface area contributed by atoms with Gasteiger partial charge in [0.15, 0.2) is 8.32 Å². The molecule has 3 aromatic rings. The molecular formula is C41H53N3O7Si. The summed E-state index contributed by atoms with van der Waals surface area (Å²) in [6.45, 7) is 18.3. The lowest BCUT2D eigenvalue weighted by molar-refractivity contribution is -0.118. The Kier molecular flexibility index (Phi) is 14.1. The molecule has 0 spiro atoms. The molecule has 278 valence electrons. The second kappa shape index (κ2) is 18.3. The molecule has 11 heteroatoms. The molecule has 1 heterocycles. The molecule has 0 bridgehead atoms. The fraction of sp³-hybridized carbons (Fsp3) is 0.390. The van der Waals surface area contributed by atoms with Crippen molar-refractivity contribution in [3.63, 3.8) is 0 Å². The minimum Gasteiger partial charge on any atom is -0.445 e. The van der Waals surface area contributed by atoms with E-state index in [0.29, 0.717) is 5.56 Å². The van der Waals surface area contributed by atoms with E-state index in [-0.39, 0.29) is 48.9 Å². The SMILES string of the molecule is C=CCOC(=O)N1/C(=C(/NC(=O)c2ccccc2)C(=O)NC(C)C)[C@@H](OCc2ccccc2)[C@H](OCc2ccccc2)[C@@H]1CO[Si](C)(C)C(C)(C)C. The summed E-state index contributed by atoms with van der Waals surface area (Å²) in [5.41, 5.74) is 2.05. The molecule has 1 aliphatic rings. The fourth-order valence-electron chi connectivity index (χ4n) is 5.44. The van der Waals surface area contributed by atoms with Crippen LogP contribution < -0.4 is 10.6 Å². The molecule has 3 aromatic carbocycles. The highest BCUT2D eigenvalue weighted by molar-refractivity contribution is 6.74. The summed E-state index contributed by atoms with van der Waals surface area (Å²) in [7, 11) is -2.39. The van der Waals surface area contributed by atoms with Crippen molar-refractivity contribution in [3.05, 3.63) is 132 Å². The average Bonchev–Trinajstić information content (AvgIpc) is 3.42. The number of nitrogens with one attached hydrogen (secondary N) is 2. The van der Waals surface area contributed by atoms with E-state index < -0.39 is 44.5 Å². The predicted molar refractivity (Wildman–Crippen MR) is 205 cm³/mol. The summed E-state index contributed by atoms with van der Waals surface area (Å²) < 4.78 is 25.9. The number of carbonyl (C=O) groups is 3. The molecule has 4 rings (SSSR count). The molecule has 3 atom stereocenters. The Balaban J connectivity index is 1.96. The third kappa shape index (κ3) is 10.5. The van der Waals surface area contributed by atoms with Crippen molar-refractivity contribution in [3.8, 4) is 0 Å². The van der Waals surface area contributed by atoms with E-state index in [9.17, 15) is 14.4 Å². The summed E-state index contributed by atoms with van der Waals surface area (Å²) >= 11 is 0. The van der Waals surface area contributed by atoms with E-state index >= 15 is 0 Å². The maximum atomic E-state index is 14.3. The zero-order valence-corrected chi connectivity index (χ0v) is 32.4. The molecule has 0 aliphatic carbocycles. The van der Waals surface area contributed by atoms with E-state index in [1.54, 1.807) is 30.3 Å². The van der Waals surface area contributed by atoms with Gasteiger partial charge < -0.3 is 29.3 Å². The molecule has 0 unspecified atom stereocenters. The standard InChI is InChI=1S/C41H53N3O7Si/c1-9-25-48-40(47)44-33(28-51-52(7,8)41(4,5)6)36(49-26-30-19-13-10-14-20-30)37(50-27-31-21-15-11-16-22-31)35(44)34(39(46)42-29(2)3)43-38(45)32-23-17-12-18-24-32/h9-24,29,33,36-37H,1,25-28H2,2-8H3,(H,42,46)(H,43,45)/b35-34+/t33-,36+,37+/m0/s1. The van der Waals surface area contributed by atoms with Gasteiger partial charge in [0.1, 0.15) is 24.5 Å². The number of nitrogens with zero attached hydrogens (tertiary/aromatic N) is 1. The zero-order valence-electron chi connectivity index (χ0n) is 31.4. The number of hydrogen-bond donors (Lipinski definition) is 2. The highest BCUT2D eigenvalue weighted by Gasteiger charge is 2.53. The maximum Gasteiger partial charge on any atom is 0.414 e. The third-order valence-electron chi connectivity index (χ3n) is 9.22. The molecule has 1 aliphatic heterocycles. The number of rotatable bonds is 15. The van der Waals surface area contributed by atoms with Crippen molar-refractivity contribution in [2.45, 2.75) is 90.3 Å². The number of benzene rings is 3. The third-order valence-corrected chi connectivity index (χ3v) is 13.7. The van der Waals surface area contributed by atoms with E-state index in [4.69, 9.17) is 18.6 Å². The molecule has 1 saturated heterocycles. The van der Waals surface area contributed by atoms with E-state index in [0.717, 1.165) is 11.1 Å². The van der Waals surface area contributed by atoms with Crippen LogP contribution in [-0.2, 0) is 36.6 Å². The van der Waals surface area contributed by atoms with Crippen LogP contribution in [-0.4, -0.2) is 68.6 Å². The first-order chi connectivity index (χ1) is 24.7. The minimum atomic E-state index is -2.39. The predicted octanol–water partition coefficient (Wildman–Crippen LogP) is 7.35. The summed E-state index contributed by atoms with van der Waals surface area (Å²) in [4.78, 5) is 43.8. The van der Waals surface area contributed by atoms with Crippen molar-refractivity contribution in [2.75, 3.05) is 13.2 Å². The lowest BCUT2D eigenvalue weighted by Crippen LogP contribution is -2.49. The van der Waals surface area contributed by atoms with Gasteiger partial charge in [-0.05, 0) is 55.2 Å². The van der Waals surface area contributed by atoms with Crippen molar-refractivity contribution >= 4 is 26.2 Å². The summed E-state index contributed by atoms with van der Waals surface area (Å²) in [5, 5.41) is 5.62. The summed E-state index contributed by atoms with van der Waals surface area (Å²) in [5.74, 6) is -1.14. The Morgan fingerprint density at radius 1 is 0.865 bits per heavy atom. The highest BCUT2D eigenvalue weighted by Crippen LogP contribution is 2.40. The van der Waals surface area contributed by atoms with Crippen LogP contribution in [0.3, 0.4) is 0 Å².